The molecule has 28 heavy (non-hydrogen) atoms. The van der Waals surface area contributed by atoms with Gasteiger partial charge in [0.25, 0.3) is 5.92 Å². The van der Waals surface area contributed by atoms with Crippen LogP contribution in [0.3, 0.4) is 0 Å². The third-order valence-corrected chi connectivity index (χ3v) is 4.97. The zero-order chi connectivity index (χ0) is 19.7. The number of imidazole rings is 1. The predicted octanol–water partition coefficient (Wildman–Crippen LogP) is 2.47. The van der Waals surface area contributed by atoms with Crippen LogP contribution < -0.4 is 10.2 Å². The van der Waals surface area contributed by atoms with Crippen LogP contribution in [0.25, 0.3) is 16.9 Å². The van der Waals surface area contributed by atoms with Gasteiger partial charge in [0.2, 0.25) is 0 Å². The van der Waals surface area contributed by atoms with Gasteiger partial charge in [0.05, 0.1) is 42.7 Å². The van der Waals surface area contributed by atoms with E-state index in [0.29, 0.717) is 30.0 Å². The smallest absolute Gasteiger partial charge is 0.280 e. The van der Waals surface area contributed by atoms with Crippen molar-refractivity contribution >= 4 is 5.82 Å². The van der Waals surface area contributed by atoms with Crippen LogP contribution >= 0.6 is 0 Å². The zero-order valence-electron chi connectivity index (χ0n) is 15.3. The van der Waals surface area contributed by atoms with Crippen molar-refractivity contribution in [2.24, 2.45) is 0 Å². The number of anilines is 1. The highest BCUT2D eigenvalue weighted by atomic mass is 19.3. The average molecular weight is 386 g/mol. The third kappa shape index (κ3) is 3.40. The molecule has 0 amide bonds. The number of alkyl halides is 2. The Labute approximate surface area is 160 Å². The molecule has 1 aliphatic rings. The number of rotatable bonds is 4. The molecule has 146 valence electrons. The number of aromatic hydroxyl groups is 1. The number of nitrogens with zero attached hydrogens (tertiary/aromatic N) is 5. The Morgan fingerprint density at radius 1 is 1.29 bits per heavy atom. The topological polar surface area (TPSA) is 79.1 Å². The number of hydrogen-bond acceptors (Lipinski definition) is 6. The van der Waals surface area contributed by atoms with Gasteiger partial charge in [0.15, 0.2) is 0 Å². The Morgan fingerprint density at radius 3 is 2.79 bits per heavy atom. The first-order chi connectivity index (χ1) is 13.5. The maximum atomic E-state index is 14.2. The molecule has 1 aliphatic heterocycles. The van der Waals surface area contributed by atoms with E-state index < -0.39 is 12.0 Å². The summed E-state index contributed by atoms with van der Waals surface area (Å²) in [6.07, 6.45) is 8.32. The van der Waals surface area contributed by atoms with Gasteiger partial charge in [-0.25, -0.2) is 18.7 Å². The molecular weight excluding hydrogens is 366 g/mol. The molecule has 1 saturated heterocycles. The molecule has 4 rings (SSSR count). The Bertz CT molecular complexity index is 946. The minimum absolute atomic E-state index is 0.0477. The van der Waals surface area contributed by atoms with Gasteiger partial charge in [-0.1, -0.05) is 0 Å². The van der Waals surface area contributed by atoms with Gasteiger partial charge >= 0.3 is 0 Å². The summed E-state index contributed by atoms with van der Waals surface area (Å²) in [5.41, 5.74) is 1.73. The molecule has 1 unspecified atom stereocenters. The zero-order valence-corrected chi connectivity index (χ0v) is 15.3. The van der Waals surface area contributed by atoms with Gasteiger partial charge in [-0.05, 0) is 25.1 Å². The van der Waals surface area contributed by atoms with E-state index >= 15 is 0 Å². The Kier molecular flexibility index (Phi) is 4.68. The first kappa shape index (κ1) is 18.3. The molecule has 0 saturated carbocycles. The number of nitrogens with one attached hydrogen (secondary N) is 1. The van der Waals surface area contributed by atoms with E-state index in [1.54, 1.807) is 42.5 Å². The minimum atomic E-state index is -2.84. The second kappa shape index (κ2) is 7.16. The van der Waals surface area contributed by atoms with Gasteiger partial charge in [0, 0.05) is 31.1 Å². The molecule has 9 heteroatoms. The fourth-order valence-electron chi connectivity index (χ4n) is 3.41. The SMILES string of the molecule is CN(c1cnc(-c2ccc(-n3ccnc3)cc2O)cn1)C1CCNCC1(F)F. The van der Waals surface area contributed by atoms with Crippen LogP contribution in [-0.4, -0.2) is 56.7 Å². The van der Waals surface area contributed by atoms with Crippen LogP contribution in [-0.2, 0) is 0 Å². The number of benzene rings is 1. The van der Waals surface area contributed by atoms with E-state index in [2.05, 4.69) is 20.3 Å². The molecule has 2 N–H and O–H groups in total. The highest BCUT2D eigenvalue weighted by Crippen LogP contribution is 2.32. The molecule has 0 radical (unpaired) electrons. The van der Waals surface area contributed by atoms with E-state index in [-0.39, 0.29) is 12.3 Å². The lowest BCUT2D eigenvalue weighted by Gasteiger charge is -2.38. The third-order valence-electron chi connectivity index (χ3n) is 4.97. The summed E-state index contributed by atoms with van der Waals surface area (Å²) in [5, 5.41) is 13.1. The Balaban J connectivity index is 1.56. The summed E-state index contributed by atoms with van der Waals surface area (Å²) in [4.78, 5) is 14.1. The number of aromatic nitrogens is 4. The van der Waals surface area contributed by atoms with Crippen LogP contribution in [0.15, 0.2) is 49.3 Å². The minimum Gasteiger partial charge on any atom is -0.507 e. The Hall–Kier alpha value is -3.07. The second-order valence-electron chi connectivity index (χ2n) is 6.78. The summed E-state index contributed by atoms with van der Waals surface area (Å²) < 4.78 is 30.1. The molecule has 1 fully saturated rings. The van der Waals surface area contributed by atoms with Gasteiger partial charge in [0.1, 0.15) is 11.6 Å². The van der Waals surface area contributed by atoms with Crippen molar-refractivity contribution in [3.05, 3.63) is 49.3 Å². The van der Waals surface area contributed by atoms with Gasteiger partial charge < -0.3 is 19.9 Å². The van der Waals surface area contributed by atoms with E-state index in [0.717, 1.165) is 5.69 Å². The number of piperidine rings is 1. The molecule has 3 heterocycles. The molecule has 3 aromatic rings. The van der Waals surface area contributed by atoms with Crippen molar-refractivity contribution in [3.8, 4) is 22.7 Å². The first-order valence-electron chi connectivity index (χ1n) is 8.91. The van der Waals surface area contributed by atoms with Gasteiger partial charge in [-0.2, -0.15) is 0 Å². The van der Waals surface area contributed by atoms with Crippen LogP contribution in [0.1, 0.15) is 6.42 Å². The van der Waals surface area contributed by atoms with Crippen molar-refractivity contribution < 1.29 is 13.9 Å². The van der Waals surface area contributed by atoms with E-state index in [1.807, 2.05) is 6.07 Å². The normalized spacial score (nSPS) is 18.8. The molecule has 1 aromatic carbocycles. The fraction of sp³-hybridized carbons (Fsp3) is 0.316. The molecule has 7 nitrogen and oxygen atoms in total. The number of halogens is 2. The quantitative estimate of drug-likeness (QED) is 0.717. The van der Waals surface area contributed by atoms with Gasteiger partial charge in [-0.15, -0.1) is 0 Å². The van der Waals surface area contributed by atoms with Crippen LogP contribution in [0.4, 0.5) is 14.6 Å². The maximum Gasteiger partial charge on any atom is 0.280 e. The van der Waals surface area contributed by atoms with Crippen molar-refractivity contribution in [1.82, 2.24) is 24.8 Å². The predicted molar refractivity (Wildman–Crippen MR) is 101 cm³/mol. The van der Waals surface area contributed by atoms with Crippen LogP contribution in [0.2, 0.25) is 0 Å². The molecule has 2 aromatic heterocycles. The van der Waals surface area contributed by atoms with Crippen molar-refractivity contribution in [2.45, 2.75) is 18.4 Å². The van der Waals surface area contributed by atoms with Gasteiger partial charge in [-0.3, -0.25) is 4.98 Å². The summed E-state index contributed by atoms with van der Waals surface area (Å²) in [5.74, 6) is -2.43. The summed E-state index contributed by atoms with van der Waals surface area (Å²) in [6, 6.07) is 4.23. The van der Waals surface area contributed by atoms with E-state index in [1.165, 1.54) is 17.3 Å². The molecular formula is C19H20F2N6O. The lowest BCUT2D eigenvalue weighted by atomic mass is 10.0. The van der Waals surface area contributed by atoms with Crippen LogP contribution in [0, 0.1) is 0 Å². The highest BCUT2D eigenvalue weighted by molar-refractivity contribution is 5.68. The fourth-order valence-corrected chi connectivity index (χ4v) is 3.41. The van der Waals surface area contributed by atoms with Crippen molar-refractivity contribution in [2.75, 3.05) is 25.0 Å². The number of hydrogen-bond donors (Lipinski definition) is 2. The van der Waals surface area contributed by atoms with E-state index in [4.69, 9.17) is 0 Å². The lowest BCUT2D eigenvalue weighted by Crippen LogP contribution is -2.56. The highest BCUT2D eigenvalue weighted by Gasteiger charge is 2.44. The Morgan fingerprint density at radius 2 is 2.14 bits per heavy atom. The number of phenols is 1. The lowest BCUT2D eigenvalue weighted by molar-refractivity contribution is -0.0402. The average Bonchev–Trinajstić information content (AvgIpc) is 3.22. The summed E-state index contributed by atoms with van der Waals surface area (Å²) >= 11 is 0. The second-order valence-corrected chi connectivity index (χ2v) is 6.78. The maximum absolute atomic E-state index is 14.2. The largest absolute Gasteiger partial charge is 0.507 e. The van der Waals surface area contributed by atoms with Crippen molar-refractivity contribution in [1.29, 1.82) is 0 Å². The molecule has 0 aliphatic carbocycles. The molecule has 0 bridgehead atoms. The molecule has 0 spiro atoms. The van der Waals surface area contributed by atoms with Crippen LogP contribution in [0.5, 0.6) is 5.75 Å². The monoisotopic (exact) mass is 386 g/mol. The number of phenolic OH excluding ortho intramolecular Hbond substituents is 1. The standard InChI is InChI=1S/C19H20F2N6O/c1-26(17-4-5-22-11-19(17,20)21)18-10-24-15(9-25-18)14-3-2-13(8-16(14)28)27-7-6-23-12-27/h2-3,6-10,12,17,22,28H,4-5,11H2,1H3. The summed E-state index contributed by atoms with van der Waals surface area (Å²) in [7, 11) is 1.60. The summed E-state index contributed by atoms with van der Waals surface area (Å²) in [6.45, 7) is 0.192. The van der Waals surface area contributed by atoms with E-state index in [9.17, 15) is 13.9 Å². The van der Waals surface area contributed by atoms with Crippen molar-refractivity contribution in [3.63, 3.8) is 0 Å². The molecule has 1 atom stereocenters. The first-order valence-corrected chi connectivity index (χ1v) is 8.91.